The van der Waals surface area contributed by atoms with Gasteiger partial charge in [0.25, 0.3) is 5.91 Å². The molecule has 6 nitrogen and oxygen atoms in total. The molecule has 134 valence electrons. The molecule has 0 saturated carbocycles. The zero-order chi connectivity index (χ0) is 18.5. The molecule has 3 aromatic rings. The van der Waals surface area contributed by atoms with Gasteiger partial charge in [0.1, 0.15) is 11.1 Å². The first kappa shape index (κ1) is 17.7. The molecule has 0 aliphatic rings. The number of nitrogens with zero attached hydrogens (tertiary/aromatic N) is 2. The Morgan fingerprint density at radius 2 is 2.04 bits per heavy atom. The number of hydrogen-bond donors (Lipinski definition) is 2. The summed E-state index contributed by atoms with van der Waals surface area (Å²) < 4.78 is 5.61. The molecule has 26 heavy (non-hydrogen) atoms. The largest absolute Gasteiger partial charge is 0.438 e. The average Bonchev–Trinajstić information content (AvgIpc) is 2.67. The highest BCUT2D eigenvalue weighted by molar-refractivity contribution is 5.96. The van der Waals surface area contributed by atoms with Gasteiger partial charge in [-0.15, -0.1) is 0 Å². The number of carbonyl (C=O) groups excluding carboxylic acids is 1. The second-order valence-corrected chi connectivity index (χ2v) is 5.93. The molecule has 0 bridgehead atoms. The number of rotatable bonds is 6. The van der Waals surface area contributed by atoms with E-state index < -0.39 is 0 Å². The van der Waals surface area contributed by atoms with Crippen LogP contribution in [0.3, 0.4) is 0 Å². The number of anilines is 1. The van der Waals surface area contributed by atoms with Gasteiger partial charge >= 0.3 is 0 Å². The van der Waals surface area contributed by atoms with E-state index in [0.717, 1.165) is 29.7 Å². The predicted octanol–water partition coefficient (Wildman–Crippen LogP) is 3.08. The normalized spacial score (nSPS) is 10.7. The minimum atomic E-state index is -0.336. The van der Waals surface area contributed by atoms with Crippen molar-refractivity contribution in [3.05, 3.63) is 65.5 Å². The molecule has 1 aromatic carbocycles. The van der Waals surface area contributed by atoms with Crippen molar-refractivity contribution in [3.8, 4) is 0 Å². The van der Waals surface area contributed by atoms with E-state index in [1.54, 1.807) is 18.5 Å². The van der Waals surface area contributed by atoms with Gasteiger partial charge < -0.3 is 14.6 Å². The molecule has 6 heteroatoms. The van der Waals surface area contributed by atoms with Gasteiger partial charge in [0, 0.05) is 49.2 Å². The number of benzene rings is 1. The molecule has 2 N–H and O–H groups in total. The van der Waals surface area contributed by atoms with Crippen molar-refractivity contribution in [3.63, 3.8) is 0 Å². The third kappa shape index (κ3) is 3.74. The zero-order valence-corrected chi connectivity index (χ0v) is 15.0. The van der Waals surface area contributed by atoms with Crippen LogP contribution < -0.4 is 15.8 Å². The van der Waals surface area contributed by atoms with E-state index in [1.807, 2.05) is 30.3 Å². The van der Waals surface area contributed by atoms with E-state index in [-0.39, 0.29) is 17.0 Å². The minimum Gasteiger partial charge on any atom is -0.438 e. The molecule has 0 unspecified atom stereocenters. The number of fused-ring (bicyclic) bond motifs is 1. The van der Waals surface area contributed by atoms with E-state index >= 15 is 0 Å². The lowest BCUT2D eigenvalue weighted by Gasteiger charge is -2.21. The van der Waals surface area contributed by atoms with Crippen molar-refractivity contribution in [2.75, 3.05) is 18.0 Å². The van der Waals surface area contributed by atoms with Crippen LogP contribution in [0, 0.1) is 5.41 Å². The first-order valence-corrected chi connectivity index (χ1v) is 8.67. The van der Waals surface area contributed by atoms with Crippen molar-refractivity contribution < 1.29 is 9.21 Å². The molecule has 0 radical (unpaired) electrons. The van der Waals surface area contributed by atoms with Gasteiger partial charge in [-0.1, -0.05) is 6.07 Å². The predicted molar refractivity (Wildman–Crippen MR) is 101 cm³/mol. The Kier molecular flexibility index (Phi) is 5.31. The van der Waals surface area contributed by atoms with Crippen molar-refractivity contribution >= 4 is 22.6 Å². The van der Waals surface area contributed by atoms with E-state index in [2.05, 4.69) is 29.0 Å². The highest BCUT2D eigenvalue weighted by atomic mass is 16.3. The summed E-state index contributed by atoms with van der Waals surface area (Å²) >= 11 is 0. The molecule has 0 atom stereocenters. The van der Waals surface area contributed by atoms with Crippen LogP contribution in [0.15, 0.2) is 53.2 Å². The molecular formula is C20H22N4O2. The van der Waals surface area contributed by atoms with Gasteiger partial charge in [-0.3, -0.25) is 15.2 Å². The molecule has 0 saturated heterocycles. The van der Waals surface area contributed by atoms with Crippen LogP contribution >= 0.6 is 0 Å². The van der Waals surface area contributed by atoms with Crippen molar-refractivity contribution in [1.29, 1.82) is 5.41 Å². The first-order valence-electron chi connectivity index (χ1n) is 8.67. The Morgan fingerprint density at radius 3 is 2.73 bits per heavy atom. The third-order valence-corrected chi connectivity index (χ3v) is 4.30. The highest BCUT2D eigenvalue weighted by Crippen LogP contribution is 2.21. The Bertz CT molecular complexity index is 962. The van der Waals surface area contributed by atoms with Gasteiger partial charge in [-0.2, -0.15) is 0 Å². The Hall–Kier alpha value is -3.15. The quantitative estimate of drug-likeness (QED) is 0.716. The van der Waals surface area contributed by atoms with Crippen LogP contribution in [-0.4, -0.2) is 24.0 Å². The van der Waals surface area contributed by atoms with E-state index in [4.69, 9.17) is 9.83 Å². The maximum Gasteiger partial charge on any atom is 0.257 e. The number of nitrogens with one attached hydrogen (secondary N) is 2. The van der Waals surface area contributed by atoms with Gasteiger partial charge in [0.2, 0.25) is 5.55 Å². The second kappa shape index (κ2) is 7.82. The molecule has 1 amide bonds. The van der Waals surface area contributed by atoms with Crippen molar-refractivity contribution in [1.82, 2.24) is 10.3 Å². The maximum absolute atomic E-state index is 12.4. The van der Waals surface area contributed by atoms with Crippen LogP contribution in [0.25, 0.3) is 11.0 Å². The monoisotopic (exact) mass is 350 g/mol. The Balaban J connectivity index is 1.85. The van der Waals surface area contributed by atoms with Crippen LogP contribution in [0.4, 0.5) is 5.69 Å². The topological polar surface area (TPSA) is 82.2 Å². The van der Waals surface area contributed by atoms with Gasteiger partial charge in [-0.25, -0.2) is 0 Å². The van der Waals surface area contributed by atoms with Gasteiger partial charge in [0.15, 0.2) is 0 Å². The number of pyridine rings is 1. The number of amides is 1. The fourth-order valence-electron chi connectivity index (χ4n) is 2.85. The van der Waals surface area contributed by atoms with E-state index in [1.165, 1.54) is 0 Å². The number of aromatic nitrogens is 1. The summed E-state index contributed by atoms with van der Waals surface area (Å²) in [6.45, 7) is 6.33. The maximum atomic E-state index is 12.4. The van der Waals surface area contributed by atoms with Crippen LogP contribution in [-0.2, 0) is 6.54 Å². The lowest BCUT2D eigenvalue weighted by atomic mass is 10.1. The molecule has 0 spiro atoms. The molecular weight excluding hydrogens is 328 g/mol. The van der Waals surface area contributed by atoms with Crippen molar-refractivity contribution in [2.24, 2.45) is 0 Å². The fraction of sp³-hybridized carbons (Fsp3) is 0.250. The first-order chi connectivity index (χ1) is 12.6. The molecule has 0 fully saturated rings. The zero-order valence-electron chi connectivity index (χ0n) is 15.0. The summed E-state index contributed by atoms with van der Waals surface area (Å²) in [6, 6.07) is 11.2. The van der Waals surface area contributed by atoms with Crippen LogP contribution in [0.5, 0.6) is 0 Å². The number of hydrogen-bond acceptors (Lipinski definition) is 5. The van der Waals surface area contributed by atoms with Crippen LogP contribution in [0.2, 0.25) is 0 Å². The molecule has 0 aliphatic heterocycles. The molecule has 2 aromatic heterocycles. The Labute approximate surface area is 152 Å². The lowest BCUT2D eigenvalue weighted by Crippen LogP contribution is -2.28. The summed E-state index contributed by atoms with van der Waals surface area (Å²) in [4.78, 5) is 18.7. The second-order valence-electron chi connectivity index (χ2n) is 5.93. The smallest absolute Gasteiger partial charge is 0.257 e. The van der Waals surface area contributed by atoms with Crippen molar-refractivity contribution in [2.45, 2.75) is 20.4 Å². The fourth-order valence-corrected chi connectivity index (χ4v) is 2.85. The highest BCUT2D eigenvalue weighted by Gasteiger charge is 2.12. The summed E-state index contributed by atoms with van der Waals surface area (Å²) in [6.07, 6.45) is 3.38. The summed E-state index contributed by atoms with van der Waals surface area (Å²) in [5, 5.41) is 11.7. The summed E-state index contributed by atoms with van der Waals surface area (Å²) in [5.41, 5.74) is 2.62. The van der Waals surface area contributed by atoms with Gasteiger partial charge in [-0.05, 0) is 43.7 Å². The molecule has 3 rings (SSSR count). The van der Waals surface area contributed by atoms with Crippen LogP contribution in [0.1, 0.15) is 29.8 Å². The van der Waals surface area contributed by atoms with E-state index in [0.29, 0.717) is 12.1 Å². The minimum absolute atomic E-state index is 0.141. The standard InChI is InChI=1S/C20H22N4O2/c1-3-24(4-2)16-8-7-15-10-17(19(21)26-18(15)11-16)20(25)23-13-14-6-5-9-22-12-14/h5-12,21H,3-4,13H2,1-2H3,(H,23,25). The SMILES string of the molecule is CCN(CC)c1ccc2cc(C(=O)NCc3cccnc3)c(=N)oc2c1. The number of carbonyl (C=O) groups is 1. The average molecular weight is 350 g/mol. The van der Waals surface area contributed by atoms with E-state index in [9.17, 15) is 4.79 Å². The van der Waals surface area contributed by atoms with Gasteiger partial charge in [0.05, 0.1) is 0 Å². The molecule has 2 heterocycles. The summed E-state index contributed by atoms with van der Waals surface area (Å²) in [5.74, 6) is -0.336. The summed E-state index contributed by atoms with van der Waals surface area (Å²) in [7, 11) is 0. The third-order valence-electron chi connectivity index (χ3n) is 4.30. The lowest BCUT2D eigenvalue weighted by molar-refractivity contribution is 0.0946. The molecule has 0 aliphatic carbocycles. The Morgan fingerprint density at radius 1 is 1.23 bits per heavy atom.